The number of nitrogens with zero attached hydrogens (tertiary/aromatic N) is 3. The molecule has 54 heavy (non-hydrogen) atoms. The van der Waals surface area contributed by atoms with Crippen molar-refractivity contribution in [3.63, 3.8) is 0 Å². The van der Waals surface area contributed by atoms with Gasteiger partial charge in [-0.05, 0) is 105 Å². The lowest BCUT2D eigenvalue weighted by molar-refractivity contribution is -0.0978. The number of methoxy groups -OCH3 is 1. The largest absolute Gasteiger partial charge is 0.490 e. The highest BCUT2D eigenvalue weighted by atomic mass is 35.5. The van der Waals surface area contributed by atoms with Gasteiger partial charge in [-0.2, -0.15) is 0 Å². The van der Waals surface area contributed by atoms with Crippen LogP contribution in [0.3, 0.4) is 0 Å². The Kier molecular flexibility index (Phi) is 10.9. The van der Waals surface area contributed by atoms with Crippen LogP contribution in [0.4, 0.5) is 5.69 Å². The molecule has 8 rings (SSSR count). The molecule has 0 aromatic heterocycles. The molecular formula is C42H57ClN4O6S. The number of anilines is 1. The van der Waals surface area contributed by atoms with Crippen LogP contribution in [0.5, 0.6) is 5.75 Å². The highest BCUT2D eigenvalue weighted by molar-refractivity contribution is 7.90. The van der Waals surface area contributed by atoms with E-state index >= 15 is 0 Å². The molecule has 12 heteroatoms. The maximum absolute atomic E-state index is 13.7. The third-order valence-electron chi connectivity index (χ3n) is 13.8. The Balaban J connectivity index is 1.15. The van der Waals surface area contributed by atoms with E-state index in [1.54, 1.807) is 13.0 Å². The maximum atomic E-state index is 13.7. The zero-order valence-corrected chi connectivity index (χ0v) is 33.7. The number of piperazine rings is 1. The molecule has 4 heterocycles. The van der Waals surface area contributed by atoms with E-state index in [-0.39, 0.29) is 17.3 Å². The summed E-state index contributed by atoms with van der Waals surface area (Å²) in [7, 11) is -2.10. The van der Waals surface area contributed by atoms with E-state index in [1.807, 2.05) is 32.2 Å². The number of sulfonamides is 1. The number of halogens is 1. The van der Waals surface area contributed by atoms with E-state index in [0.717, 1.165) is 114 Å². The number of rotatable bonds is 5. The van der Waals surface area contributed by atoms with Crippen LogP contribution in [0.15, 0.2) is 48.6 Å². The van der Waals surface area contributed by atoms with E-state index in [9.17, 15) is 13.2 Å². The average molecular weight is 781 g/mol. The van der Waals surface area contributed by atoms with Crippen molar-refractivity contribution >= 4 is 33.2 Å². The van der Waals surface area contributed by atoms with Crippen LogP contribution in [0, 0.1) is 23.7 Å². The molecule has 1 N–H and O–H groups in total. The van der Waals surface area contributed by atoms with E-state index in [4.69, 9.17) is 25.8 Å². The lowest BCUT2D eigenvalue weighted by Crippen LogP contribution is -2.59. The standard InChI is InChI=1S/C42H57ClN4O6S/c1-29-6-4-15-42(51-3,27-46-18-16-45(17-19-46)22-31-24-52-25-31)37-11-8-34(37)23-47-26-41(14-5-7-32-20-35(43)10-12-36(32)41)28-53-39-13-9-33(21-38(39)47)40(48)44-54(49,50)30(29)2/h4,9-10,12-13,15,20-21,29-31,34,37H,5-8,11,14,16-19,22-28H2,1-3H3,(H,44,48)/b15-4+/t29-,30+,34-,37+,41-,42+/m0/s1. The summed E-state index contributed by atoms with van der Waals surface area (Å²) in [5.74, 6) is 1.15. The van der Waals surface area contributed by atoms with Crippen LogP contribution < -0.4 is 14.4 Å². The van der Waals surface area contributed by atoms with Crippen molar-refractivity contribution in [2.24, 2.45) is 23.7 Å². The molecule has 3 fully saturated rings. The monoisotopic (exact) mass is 780 g/mol. The summed E-state index contributed by atoms with van der Waals surface area (Å²) < 4.78 is 48.5. The van der Waals surface area contributed by atoms with Gasteiger partial charge in [0.1, 0.15) is 11.4 Å². The van der Waals surface area contributed by atoms with Gasteiger partial charge in [-0.15, -0.1) is 0 Å². The molecule has 6 aliphatic rings. The van der Waals surface area contributed by atoms with Gasteiger partial charge in [-0.1, -0.05) is 36.7 Å². The Labute approximate surface area is 326 Å². The normalized spacial score (nSPS) is 34.0. The lowest BCUT2D eigenvalue weighted by Gasteiger charge is -2.52. The second-order valence-corrected chi connectivity index (χ2v) is 19.6. The first-order chi connectivity index (χ1) is 26.0. The van der Waals surface area contributed by atoms with Crippen LogP contribution in [0.25, 0.3) is 0 Å². The molecule has 1 spiro atoms. The average Bonchev–Trinajstić information content (AvgIpc) is 3.27. The number of ether oxygens (including phenoxy) is 3. The van der Waals surface area contributed by atoms with Gasteiger partial charge in [-0.3, -0.25) is 9.69 Å². The number of hydrogen-bond donors (Lipinski definition) is 1. The van der Waals surface area contributed by atoms with Gasteiger partial charge in [0.2, 0.25) is 10.0 Å². The highest BCUT2D eigenvalue weighted by Gasteiger charge is 2.50. The van der Waals surface area contributed by atoms with Gasteiger partial charge in [0.25, 0.3) is 5.91 Å². The van der Waals surface area contributed by atoms with E-state index in [0.29, 0.717) is 30.4 Å². The van der Waals surface area contributed by atoms with Crippen molar-refractivity contribution in [2.75, 3.05) is 84.2 Å². The van der Waals surface area contributed by atoms with Crippen LogP contribution in [-0.4, -0.2) is 114 Å². The molecule has 2 aliphatic carbocycles. The number of amides is 1. The Morgan fingerprint density at radius 1 is 1.04 bits per heavy atom. The van der Waals surface area contributed by atoms with Crippen LogP contribution in [-0.2, 0) is 31.3 Å². The molecule has 2 aromatic rings. The number of carbonyl (C=O) groups is 1. The summed E-state index contributed by atoms with van der Waals surface area (Å²) in [6, 6.07) is 11.7. The van der Waals surface area contributed by atoms with Gasteiger partial charge in [0.05, 0.1) is 30.8 Å². The van der Waals surface area contributed by atoms with Crippen LogP contribution >= 0.6 is 11.6 Å². The first-order valence-corrected chi connectivity index (χ1v) is 22.0. The predicted octanol–water partition coefficient (Wildman–Crippen LogP) is 5.53. The number of carbonyl (C=O) groups excluding carboxylic acids is 1. The number of fused-ring (bicyclic) bond motifs is 4. The maximum Gasteiger partial charge on any atom is 0.264 e. The molecule has 6 atom stereocenters. The third kappa shape index (κ3) is 7.45. The molecule has 10 nitrogen and oxygen atoms in total. The minimum absolute atomic E-state index is 0.217. The van der Waals surface area contributed by atoms with E-state index in [2.05, 4.69) is 43.7 Å². The van der Waals surface area contributed by atoms with Crippen molar-refractivity contribution in [1.82, 2.24) is 14.5 Å². The third-order valence-corrected chi connectivity index (χ3v) is 15.9. The second kappa shape index (κ2) is 15.3. The van der Waals surface area contributed by atoms with Gasteiger partial charge in [-0.25, -0.2) is 13.1 Å². The topological polar surface area (TPSA) is 101 Å². The van der Waals surface area contributed by atoms with Crippen molar-refractivity contribution in [2.45, 2.75) is 68.6 Å². The van der Waals surface area contributed by atoms with Gasteiger partial charge in [0.15, 0.2) is 0 Å². The number of aryl methyl sites for hydroxylation is 1. The fraction of sp³-hybridized carbons (Fsp3) is 0.643. The SMILES string of the molecule is CO[C@@]1(CN2CCN(CC3COC3)CC2)/C=C/C[C@H](C)[C@@H](C)S(=O)(=O)NC(=O)c2ccc3c(c2)N(C[C@@H]2CC[C@H]21)C[C@@]1(CCCc2cc(Cl)ccc21)CO3. The minimum Gasteiger partial charge on any atom is -0.490 e. The predicted molar refractivity (Wildman–Crippen MR) is 212 cm³/mol. The Morgan fingerprint density at radius 3 is 2.56 bits per heavy atom. The molecule has 2 bridgehead atoms. The van der Waals surface area contributed by atoms with Crippen molar-refractivity contribution in [1.29, 1.82) is 0 Å². The number of allylic oxidation sites excluding steroid dienone is 1. The van der Waals surface area contributed by atoms with Crippen LogP contribution in [0.2, 0.25) is 5.02 Å². The minimum atomic E-state index is -3.96. The molecule has 0 unspecified atom stereocenters. The first-order valence-electron chi connectivity index (χ1n) is 20.1. The highest BCUT2D eigenvalue weighted by Crippen LogP contribution is 2.49. The molecule has 294 valence electrons. The van der Waals surface area contributed by atoms with Crippen molar-refractivity contribution in [3.8, 4) is 5.75 Å². The zero-order chi connectivity index (χ0) is 37.7. The fourth-order valence-electron chi connectivity index (χ4n) is 10.0. The van der Waals surface area contributed by atoms with E-state index < -0.39 is 26.8 Å². The molecular weight excluding hydrogens is 724 g/mol. The smallest absolute Gasteiger partial charge is 0.264 e. The van der Waals surface area contributed by atoms with Gasteiger partial charge in [0, 0.05) is 81.4 Å². The molecule has 2 aromatic carbocycles. The Bertz CT molecular complexity index is 1850. The molecule has 4 aliphatic heterocycles. The second-order valence-electron chi connectivity index (χ2n) is 17.2. The van der Waals surface area contributed by atoms with Gasteiger partial charge >= 0.3 is 0 Å². The number of benzene rings is 2. The Hall–Kier alpha value is -2.67. The lowest BCUT2D eigenvalue weighted by atomic mass is 9.63. The summed E-state index contributed by atoms with van der Waals surface area (Å²) in [5.41, 5.74) is 2.91. The zero-order valence-electron chi connectivity index (χ0n) is 32.1. The molecule has 2 saturated heterocycles. The summed E-state index contributed by atoms with van der Waals surface area (Å²) >= 11 is 6.51. The summed E-state index contributed by atoms with van der Waals surface area (Å²) in [6.45, 7) is 13.3. The Morgan fingerprint density at radius 2 is 1.83 bits per heavy atom. The van der Waals surface area contributed by atoms with Gasteiger partial charge < -0.3 is 24.0 Å². The molecule has 1 saturated carbocycles. The summed E-state index contributed by atoms with van der Waals surface area (Å²) in [5, 5.41) is -0.0273. The van der Waals surface area contributed by atoms with E-state index in [1.165, 1.54) is 11.1 Å². The van der Waals surface area contributed by atoms with Crippen molar-refractivity contribution in [3.05, 3.63) is 70.3 Å². The van der Waals surface area contributed by atoms with Crippen molar-refractivity contribution < 1.29 is 27.4 Å². The quantitative estimate of drug-likeness (QED) is 0.393. The summed E-state index contributed by atoms with van der Waals surface area (Å²) in [6.07, 6.45) is 10.1. The molecule has 0 radical (unpaired) electrons. The van der Waals surface area contributed by atoms with Crippen LogP contribution in [0.1, 0.15) is 67.4 Å². The summed E-state index contributed by atoms with van der Waals surface area (Å²) in [4.78, 5) is 21.3. The first kappa shape index (κ1) is 38.2. The number of hydrogen-bond acceptors (Lipinski definition) is 9. The molecule has 1 amide bonds. The number of nitrogens with one attached hydrogen (secondary N) is 1. The fourth-order valence-corrected chi connectivity index (χ4v) is 11.5.